The maximum Gasteiger partial charge on any atom is 0.386 e. The molecule has 0 saturated heterocycles. The highest BCUT2D eigenvalue weighted by molar-refractivity contribution is 8.54. The minimum Gasteiger partial charge on any atom is -0.355 e. The number of carbonyl (C=O) groups is 2. The number of hydrogen-bond acceptors (Lipinski definition) is 10. The van der Waals surface area contributed by atoms with Crippen molar-refractivity contribution in [3.05, 3.63) is 0 Å². The Labute approximate surface area is 201 Å². The Hall–Kier alpha value is 0.0300. The molecule has 0 aromatic carbocycles. The lowest BCUT2D eigenvalue weighted by Gasteiger charge is -2.35. The van der Waals surface area contributed by atoms with Crippen molar-refractivity contribution in [1.29, 1.82) is 0 Å². The number of carbonyl (C=O) groups excluding carboxylic acids is 2. The fraction of sp³-hybridized carbons (Fsp3) is 0.900. The van der Waals surface area contributed by atoms with Gasteiger partial charge in [-0.25, -0.2) is 4.57 Å². The van der Waals surface area contributed by atoms with Gasteiger partial charge in [-0.1, -0.05) is 32.5 Å². The van der Waals surface area contributed by atoms with Gasteiger partial charge in [0.1, 0.15) is 5.41 Å². The van der Waals surface area contributed by atoms with Crippen molar-refractivity contribution in [3.63, 3.8) is 0 Å². The van der Waals surface area contributed by atoms with Gasteiger partial charge in [0.25, 0.3) is 0 Å². The van der Waals surface area contributed by atoms with Crippen LogP contribution in [0, 0.1) is 16.7 Å². The van der Waals surface area contributed by atoms with E-state index in [4.69, 9.17) is 14.0 Å². The summed E-state index contributed by atoms with van der Waals surface area (Å²) in [6.07, 6.45) is -0.989. The molecule has 12 heteroatoms. The first kappa shape index (κ1) is 32.0. The van der Waals surface area contributed by atoms with Gasteiger partial charge in [-0.15, -0.1) is 0 Å². The van der Waals surface area contributed by atoms with Gasteiger partial charge in [-0.3, -0.25) is 14.1 Å². The Balaban J connectivity index is 5.34. The van der Waals surface area contributed by atoms with Crippen LogP contribution in [0.1, 0.15) is 34.6 Å². The summed E-state index contributed by atoms with van der Waals surface area (Å²) < 4.78 is 29.0. The zero-order chi connectivity index (χ0) is 25.0. The molecule has 0 saturated carbocycles. The van der Waals surface area contributed by atoms with Crippen LogP contribution in [0.25, 0.3) is 0 Å². The van der Waals surface area contributed by atoms with Crippen LogP contribution in [0.2, 0.25) is 0 Å². The van der Waals surface area contributed by atoms with Crippen LogP contribution in [0.4, 0.5) is 0 Å². The van der Waals surface area contributed by atoms with Crippen LogP contribution in [-0.4, -0.2) is 81.1 Å². The third-order valence-electron chi connectivity index (χ3n) is 4.62. The Bertz CT molecular complexity index is 628. The van der Waals surface area contributed by atoms with Gasteiger partial charge >= 0.3 is 6.80 Å². The molecule has 0 aliphatic rings. The topological polar surface area (TPSA) is 123 Å². The van der Waals surface area contributed by atoms with Crippen molar-refractivity contribution >= 4 is 40.8 Å². The van der Waals surface area contributed by atoms with Crippen molar-refractivity contribution in [2.24, 2.45) is 16.7 Å². The molecule has 190 valence electrons. The van der Waals surface area contributed by atoms with Gasteiger partial charge in [0.15, 0.2) is 17.2 Å². The molecular weight excluding hydrogens is 475 g/mol. The minimum atomic E-state index is -4.04. The van der Waals surface area contributed by atoms with E-state index in [0.717, 1.165) is 23.1 Å². The molecule has 0 radical (unpaired) electrons. The summed E-state index contributed by atoms with van der Waals surface area (Å²) in [5.41, 5.74) is -1.96. The second kappa shape index (κ2) is 15.1. The Kier molecular flexibility index (Phi) is 15.1. The lowest BCUT2D eigenvalue weighted by atomic mass is 9.86. The van der Waals surface area contributed by atoms with E-state index >= 15 is 0 Å². The summed E-state index contributed by atoms with van der Waals surface area (Å²) in [6, 6.07) is 0. The average Bonchev–Trinajstić information content (AvgIpc) is 2.71. The predicted octanol–water partition coefficient (Wildman–Crippen LogP) is 2.78. The van der Waals surface area contributed by atoms with Gasteiger partial charge in [0.2, 0.25) is 0 Å². The van der Waals surface area contributed by atoms with Crippen LogP contribution >= 0.6 is 29.9 Å². The van der Waals surface area contributed by atoms with Crippen LogP contribution in [0.3, 0.4) is 0 Å². The van der Waals surface area contributed by atoms with Gasteiger partial charge in [0.05, 0.1) is 12.4 Å². The Morgan fingerprint density at radius 2 is 1.69 bits per heavy atom. The molecule has 0 amide bonds. The van der Waals surface area contributed by atoms with Crippen LogP contribution in [0.15, 0.2) is 0 Å². The summed E-state index contributed by atoms with van der Waals surface area (Å²) in [4.78, 5) is 35.7. The quantitative estimate of drug-likeness (QED) is 0.195. The zero-order valence-corrected chi connectivity index (χ0v) is 23.1. The number of thioether (sulfide) groups is 1. The van der Waals surface area contributed by atoms with Crippen LogP contribution in [0.5, 0.6) is 0 Å². The average molecular weight is 517 g/mol. The van der Waals surface area contributed by atoms with Crippen molar-refractivity contribution in [3.8, 4) is 0 Å². The molecule has 3 atom stereocenters. The molecule has 0 heterocycles. The normalized spacial score (nSPS) is 17.1. The molecule has 0 aliphatic heterocycles. The molecule has 0 spiro atoms. The third-order valence-corrected chi connectivity index (χ3v) is 9.05. The molecule has 32 heavy (non-hydrogen) atoms. The highest BCUT2D eigenvalue weighted by Crippen LogP contribution is 2.57. The molecule has 0 rings (SSSR count). The van der Waals surface area contributed by atoms with Crippen LogP contribution < -0.4 is 10.6 Å². The van der Waals surface area contributed by atoms with E-state index in [-0.39, 0.29) is 35.8 Å². The molecule has 0 fully saturated rings. The first-order chi connectivity index (χ1) is 14.8. The molecule has 0 aliphatic carbocycles. The summed E-state index contributed by atoms with van der Waals surface area (Å²) in [7, 11) is 5.04. The summed E-state index contributed by atoms with van der Waals surface area (Å²) in [5.74, 6) is 0.0589. The number of nitrogens with one attached hydrogen (secondary N) is 2. The standard InChI is InChI=1S/C20H41N2O7PS2/c1-9-28-18(27-8)20(5,16(23)13-31-17(24)19(2,3)4)14-29-30(25,26)32-12-15(10-21-6)11-22-7/h15,18,21-22H,9-14H2,1-8H3,(H,25,26). The maximum absolute atomic E-state index is 13.1. The molecule has 0 bridgehead atoms. The van der Waals surface area contributed by atoms with Crippen LogP contribution in [-0.2, 0) is 28.2 Å². The first-order valence-electron chi connectivity index (χ1n) is 10.5. The molecule has 3 unspecified atom stereocenters. The van der Waals surface area contributed by atoms with E-state index in [1.165, 1.54) is 7.11 Å². The van der Waals surface area contributed by atoms with E-state index in [0.29, 0.717) is 18.8 Å². The van der Waals surface area contributed by atoms with Gasteiger partial charge < -0.3 is 25.0 Å². The smallest absolute Gasteiger partial charge is 0.355 e. The second-order valence-corrected chi connectivity index (χ2v) is 13.6. The maximum atomic E-state index is 13.1. The molecule has 0 aromatic rings. The molecule has 9 nitrogen and oxygen atoms in total. The van der Waals surface area contributed by atoms with Crippen molar-refractivity contribution < 1.29 is 33.0 Å². The number of ether oxygens (including phenoxy) is 2. The van der Waals surface area contributed by atoms with E-state index in [9.17, 15) is 19.0 Å². The van der Waals surface area contributed by atoms with E-state index < -0.39 is 23.9 Å². The second-order valence-electron chi connectivity index (χ2n) is 8.71. The summed E-state index contributed by atoms with van der Waals surface area (Å²) >= 11 is 1.75. The van der Waals surface area contributed by atoms with Crippen molar-refractivity contribution in [2.45, 2.75) is 40.9 Å². The summed E-state index contributed by atoms with van der Waals surface area (Å²) in [6.45, 7) is 5.88. The largest absolute Gasteiger partial charge is 0.386 e. The monoisotopic (exact) mass is 516 g/mol. The van der Waals surface area contributed by atoms with Gasteiger partial charge in [-0.2, -0.15) is 0 Å². The van der Waals surface area contributed by atoms with E-state index in [1.54, 1.807) is 34.6 Å². The fourth-order valence-electron chi connectivity index (χ4n) is 2.68. The molecular formula is C20H41N2O7PS2. The summed E-state index contributed by atoms with van der Waals surface area (Å²) in [5, 5.41) is 5.99. The number of rotatable bonds is 17. The fourth-order valence-corrected chi connectivity index (χ4v) is 6.42. The number of Topliss-reactive ketones (excluding diaryl/α,β-unsaturated/α-hetero) is 1. The lowest BCUT2D eigenvalue weighted by Crippen LogP contribution is -2.47. The Morgan fingerprint density at radius 3 is 2.12 bits per heavy atom. The highest BCUT2D eigenvalue weighted by atomic mass is 32.7. The third kappa shape index (κ3) is 11.4. The first-order valence-corrected chi connectivity index (χ1v) is 14.7. The number of hydrogen-bond donors (Lipinski definition) is 3. The highest BCUT2D eigenvalue weighted by Gasteiger charge is 2.45. The SMILES string of the molecule is CCOC(OC)C(C)(COP(=O)(O)SCC(CNC)CNC)C(=O)CSC(=O)C(C)(C)C. The number of ketones is 1. The zero-order valence-electron chi connectivity index (χ0n) is 20.6. The van der Waals surface area contributed by atoms with E-state index in [1.807, 2.05) is 14.1 Å². The van der Waals surface area contributed by atoms with Gasteiger partial charge in [0, 0.05) is 24.9 Å². The Morgan fingerprint density at radius 1 is 1.12 bits per heavy atom. The van der Waals surface area contributed by atoms with Crippen molar-refractivity contribution in [2.75, 3.05) is 59.0 Å². The van der Waals surface area contributed by atoms with E-state index in [2.05, 4.69) is 10.6 Å². The molecule has 0 aromatic heterocycles. The van der Waals surface area contributed by atoms with Crippen molar-refractivity contribution in [1.82, 2.24) is 10.6 Å². The molecule has 3 N–H and O–H groups in total. The number of methoxy groups -OCH3 is 1. The minimum absolute atomic E-state index is 0.113. The predicted molar refractivity (Wildman–Crippen MR) is 132 cm³/mol. The van der Waals surface area contributed by atoms with Gasteiger partial charge in [-0.05, 0) is 58.3 Å². The lowest BCUT2D eigenvalue weighted by molar-refractivity contribution is -0.195.